The van der Waals surface area contributed by atoms with Crippen LogP contribution < -0.4 is 0 Å². The number of carbonyl (C=O) groups is 2. The van der Waals surface area contributed by atoms with Crippen LogP contribution in [-0.2, 0) is 13.8 Å². The molecule has 1 aliphatic heterocycles. The lowest BCUT2D eigenvalue weighted by atomic mass is 10.3. The maximum Gasteiger partial charge on any atom is 0.226 e. The van der Waals surface area contributed by atoms with Crippen LogP contribution in [0.4, 0.5) is 0 Å². The zero-order chi connectivity index (χ0) is 5.98. The van der Waals surface area contributed by atoms with Crippen molar-refractivity contribution >= 4 is 23.6 Å². The third-order valence-corrected chi connectivity index (χ3v) is 1.14. The van der Waals surface area contributed by atoms with Gasteiger partial charge in [0.25, 0.3) is 0 Å². The van der Waals surface area contributed by atoms with Crippen LogP contribution in [0.1, 0.15) is 0 Å². The molecule has 1 rings (SSSR count). The van der Waals surface area contributed by atoms with Crippen LogP contribution >= 0.6 is 12.0 Å². The van der Waals surface area contributed by atoms with Crippen LogP contribution in [0.5, 0.6) is 0 Å². The minimum Gasteiger partial charge on any atom is -0.306 e. The Labute approximate surface area is 50.6 Å². The van der Waals surface area contributed by atoms with Crippen molar-refractivity contribution in [2.24, 2.45) is 0 Å². The average molecular weight is 130 g/mol. The summed E-state index contributed by atoms with van der Waals surface area (Å²) in [6.45, 7) is -0.115. The first-order valence-corrected chi connectivity index (χ1v) is 2.66. The van der Waals surface area contributed by atoms with E-state index in [9.17, 15) is 9.59 Å². The second-order valence-electron chi connectivity index (χ2n) is 1.20. The summed E-state index contributed by atoms with van der Waals surface area (Å²) in [5.41, 5.74) is 0. The van der Waals surface area contributed by atoms with Crippen LogP contribution in [0.15, 0.2) is 0 Å². The number of rotatable bonds is 0. The van der Waals surface area contributed by atoms with Crippen LogP contribution in [0.3, 0.4) is 0 Å². The molecule has 0 aromatic heterocycles. The van der Waals surface area contributed by atoms with Gasteiger partial charge in [-0.05, 0) is 0 Å². The van der Waals surface area contributed by atoms with Gasteiger partial charge in [0.15, 0.2) is 5.75 Å². The fourth-order valence-corrected chi connectivity index (χ4v) is 0.687. The molecule has 0 N–H and O–H groups in total. The van der Waals surface area contributed by atoms with Gasteiger partial charge in [-0.2, -0.15) is 0 Å². The smallest absolute Gasteiger partial charge is 0.226 e. The molecule has 0 spiro atoms. The summed E-state index contributed by atoms with van der Waals surface area (Å²) in [7, 11) is 0. The highest BCUT2D eigenvalue weighted by Crippen LogP contribution is 2.12. The van der Waals surface area contributed by atoms with Crippen molar-refractivity contribution in [2.45, 2.75) is 0 Å². The van der Waals surface area contributed by atoms with Gasteiger partial charge in [0.2, 0.25) is 11.6 Å². The summed E-state index contributed by atoms with van der Waals surface area (Å²) in [6, 6.07) is 0. The molecule has 1 saturated heterocycles. The van der Waals surface area contributed by atoms with Crippen molar-refractivity contribution < 1.29 is 13.8 Å². The molecule has 0 aromatic carbocycles. The molecule has 4 heteroatoms. The van der Waals surface area contributed by atoms with E-state index in [-0.39, 0.29) is 6.61 Å². The van der Waals surface area contributed by atoms with E-state index in [0.717, 1.165) is 12.0 Å². The molecular formula is C4H2O3S. The third kappa shape index (κ3) is 1.08. The SMILES string of the molecule is O=C1[C]SOCC1=O. The Kier molecular flexibility index (Phi) is 1.65. The number of carbonyl (C=O) groups excluding carboxylic acids is 2. The van der Waals surface area contributed by atoms with Gasteiger partial charge in [-0.25, -0.2) is 0 Å². The van der Waals surface area contributed by atoms with Gasteiger partial charge in [0.1, 0.15) is 6.61 Å². The monoisotopic (exact) mass is 130 g/mol. The van der Waals surface area contributed by atoms with Gasteiger partial charge < -0.3 is 4.18 Å². The Balaban J connectivity index is 2.52. The Bertz CT molecular complexity index is 115. The molecule has 0 atom stereocenters. The number of ketones is 2. The van der Waals surface area contributed by atoms with E-state index in [1.807, 2.05) is 0 Å². The molecule has 1 heterocycles. The standard InChI is InChI=1S/C4H2O3S/c5-3-1-7-8-2-4(3)6/h1H2. The van der Waals surface area contributed by atoms with Crippen LogP contribution in [-0.4, -0.2) is 18.2 Å². The lowest BCUT2D eigenvalue weighted by Gasteiger charge is -2.03. The molecule has 0 aromatic rings. The van der Waals surface area contributed by atoms with Crippen LogP contribution in [0.25, 0.3) is 0 Å². The molecule has 0 bridgehead atoms. The van der Waals surface area contributed by atoms with Gasteiger partial charge in [0.05, 0.1) is 0 Å². The molecule has 42 valence electrons. The van der Waals surface area contributed by atoms with Gasteiger partial charge >= 0.3 is 0 Å². The summed E-state index contributed by atoms with van der Waals surface area (Å²) in [5.74, 6) is 1.03. The first kappa shape index (κ1) is 5.78. The minimum atomic E-state index is -0.582. The van der Waals surface area contributed by atoms with Crippen molar-refractivity contribution in [3.05, 3.63) is 5.75 Å². The summed E-state index contributed by atoms with van der Waals surface area (Å²) in [4.78, 5) is 20.5. The van der Waals surface area contributed by atoms with Crippen molar-refractivity contribution in [2.75, 3.05) is 6.61 Å². The summed E-state index contributed by atoms with van der Waals surface area (Å²) in [6.07, 6.45) is 0. The van der Waals surface area contributed by atoms with E-state index in [0.29, 0.717) is 0 Å². The largest absolute Gasteiger partial charge is 0.306 e. The predicted octanol–water partition coefficient (Wildman–Crippen LogP) is -0.158. The van der Waals surface area contributed by atoms with E-state index in [2.05, 4.69) is 9.94 Å². The van der Waals surface area contributed by atoms with E-state index in [1.165, 1.54) is 0 Å². The fourth-order valence-electron chi connectivity index (χ4n) is 0.273. The van der Waals surface area contributed by atoms with Crippen molar-refractivity contribution in [3.63, 3.8) is 0 Å². The van der Waals surface area contributed by atoms with Crippen molar-refractivity contribution in [1.82, 2.24) is 0 Å². The Morgan fingerprint density at radius 2 is 2.38 bits per heavy atom. The molecule has 0 saturated carbocycles. The molecule has 1 fully saturated rings. The maximum absolute atomic E-state index is 10.2. The molecule has 0 unspecified atom stereocenters. The third-order valence-electron chi connectivity index (χ3n) is 0.637. The second kappa shape index (κ2) is 2.28. The normalized spacial score (nSPS) is 21.5. The highest BCUT2D eigenvalue weighted by Gasteiger charge is 2.20. The van der Waals surface area contributed by atoms with Crippen LogP contribution in [0, 0.1) is 5.75 Å². The summed E-state index contributed by atoms with van der Waals surface area (Å²) >= 11 is 0.786. The van der Waals surface area contributed by atoms with E-state index < -0.39 is 11.6 Å². The first-order chi connectivity index (χ1) is 3.80. The fraction of sp³-hybridized carbons (Fsp3) is 0.250. The maximum atomic E-state index is 10.2. The first-order valence-electron chi connectivity index (χ1n) is 1.92. The highest BCUT2D eigenvalue weighted by atomic mass is 32.2. The number of hydrogen-bond acceptors (Lipinski definition) is 4. The van der Waals surface area contributed by atoms with Crippen molar-refractivity contribution in [3.8, 4) is 0 Å². The Hall–Kier alpha value is -0.350. The quantitative estimate of drug-likeness (QED) is 0.337. The highest BCUT2D eigenvalue weighted by molar-refractivity contribution is 7.97. The Morgan fingerprint density at radius 3 is 2.75 bits per heavy atom. The lowest BCUT2D eigenvalue weighted by Crippen LogP contribution is -2.21. The average Bonchev–Trinajstić information content (AvgIpc) is 1.77. The topological polar surface area (TPSA) is 43.4 Å². The number of Topliss-reactive ketones (excluding diaryl/α,β-unsaturated/α-hetero) is 2. The molecule has 3 nitrogen and oxygen atoms in total. The van der Waals surface area contributed by atoms with E-state index >= 15 is 0 Å². The molecule has 0 aliphatic carbocycles. The molecule has 0 amide bonds. The van der Waals surface area contributed by atoms with Gasteiger partial charge in [0, 0.05) is 12.0 Å². The van der Waals surface area contributed by atoms with Crippen LogP contribution in [0.2, 0.25) is 0 Å². The molecule has 1 aliphatic rings. The number of hydrogen-bond donors (Lipinski definition) is 0. The van der Waals surface area contributed by atoms with Gasteiger partial charge in [-0.1, -0.05) is 0 Å². The Morgan fingerprint density at radius 1 is 1.62 bits per heavy atom. The zero-order valence-corrected chi connectivity index (χ0v) is 4.66. The van der Waals surface area contributed by atoms with Gasteiger partial charge in [-0.3, -0.25) is 9.59 Å². The molecule has 2 radical (unpaired) electrons. The minimum absolute atomic E-state index is 0.115. The summed E-state index contributed by atoms with van der Waals surface area (Å²) < 4.78 is 4.49. The molecule has 8 heavy (non-hydrogen) atoms. The van der Waals surface area contributed by atoms with Gasteiger partial charge in [-0.15, -0.1) is 0 Å². The summed E-state index contributed by atoms with van der Waals surface area (Å²) in [5, 5.41) is 0. The lowest BCUT2D eigenvalue weighted by molar-refractivity contribution is -0.135. The zero-order valence-electron chi connectivity index (χ0n) is 3.84. The predicted molar refractivity (Wildman–Crippen MR) is 26.8 cm³/mol. The molecular weight excluding hydrogens is 128 g/mol. The van der Waals surface area contributed by atoms with E-state index in [1.54, 1.807) is 0 Å². The van der Waals surface area contributed by atoms with E-state index in [4.69, 9.17) is 0 Å². The second-order valence-corrected chi connectivity index (χ2v) is 1.81. The van der Waals surface area contributed by atoms with Crippen molar-refractivity contribution in [1.29, 1.82) is 0 Å².